The highest BCUT2D eigenvalue weighted by Gasteiger charge is 2.23. The van der Waals surface area contributed by atoms with Crippen molar-refractivity contribution in [2.45, 2.75) is 43.5 Å². The number of hydrogen-bond acceptors (Lipinski definition) is 6. The van der Waals surface area contributed by atoms with Crippen LogP contribution in [0.1, 0.15) is 36.6 Å². The molecule has 0 radical (unpaired) electrons. The van der Waals surface area contributed by atoms with Gasteiger partial charge in [0.1, 0.15) is 0 Å². The lowest BCUT2D eigenvalue weighted by molar-refractivity contribution is -0.120. The molecular weight excluding hydrogens is 424 g/mol. The fraction of sp³-hybridized carbons (Fsp3) is 0.542. The Balaban J connectivity index is 1.66. The molecule has 1 atom stereocenters. The Morgan fingerprint density at radius 1 is 1.25 bits per heavy atom. The summed E-state index contributed by atoms with van der Waals surface area (Å²) in [7, 11) is 1.74. The van der Waals surface area contributed by atoms with Gasteiger partial charge in [-0.25, -0.2) is 4.98 Å². The van der Waals surface area contributed by atoms with Crippen molar-refractivity contribution in [2.75, 3.05) is 39.4 Å². The number of aromatic nitrogens is 2. The third-order valence-corrected chi connectivity index (χ3v) is 7.01. The SMILES string of the molecule is CCCC(Sc1nc(C)c(Cc2ccccc2)c(=O)n1C)C(=O)NCCN1CCOCC1. The van der Waals surface area contributed by atoms with E-state index >= 15 is 0 Å². The second-order valence-corrected chi connectivity index (χ2v) is 9.29. The average molecular weight is 459 g/mol. The molecule has 0 spiro atoms. The number of amides is 1. The van der Waals surface area contributed by atoms with Gasteiger partial charge >= 0.3 is 0 Å². The smallest absolute Gasteiger partial charge is 0.257 e. The highest BCUT2D eigenvalue weighted by Crippen LogP contribution is 2.25. The fourth-order valence-corrected chi connectivity index (χ4v) is 4.98. The van der Waals surface area contributed by atoms with Gasteiger partial charge in [-0.1, -0.05) is 55.4 Å². The molecule has 0 aliphatic carbocycles. The van der Waals surface area contributed by atoms with Gasteiger partial charge in [0.05, 0.1) is 18.5 Å². The second-order valence-electron chi connectivity index (χ2n) is 8.13. The number of aryl methyl sites for hydroxylation is 1. The molecule has 0 saturated carbocycles. The van der Waals surface area contributed by atoms with E-state index in [4.69, 9.17) is 9.72 Å². The van der Waals surface area contributed by atoms with Crippen molar-refractivity contribution in [3.8, 4) is 0 Å². The molecule has 1 amide bonds. The minimum Gasteiger partial charge on any atom is -0.379 e. The van der Waals surface area contributed by atoms with Crippen molar-refractivity contribution >= 4 is 17.7 Å². The zero-order valence-electron chi connectivity index (χ0n) is 19.3. The van der Waals surface area contributed by atoms with E-state index in [0.29, 0.717) is 23.7 Å². The number of nitrogens with zero attached hydrogens (tertiary/aromatic N) is 3. The van der Waals surface area contributed by atoms with Crippen LogP contribution in [0, 0.1) is 6.92 Å². The largest absolute Gasteiger partial charge is 0.379 e. The second kappa shape index (κ2) is 12.2. The van der Waals surface area contributed by atoms with Crippen molar-refractivity contribution in [3.05, 3.63) is 57.5 Å². The molecule has 1 aliphatic heterocycles. The fourth-order valence-electron chi connectivity index (χ4n) is 3.75. The molecule has 1 N–H and O–H groups in total. The molecule has 2 aromatic rings. The number of rotatable bonds is 10. The summed E-state index contributed by atoms with van der Waals surface area (Å²) in [5, 5.41) is 3.38. The minimum atomic E-state index is -0.276. The van der Waals surface area contributed by atoms with Gasteiger partial charge < -0.3 is 10.1 Å². The molecule has 0 bridgehead atoms. The van der Waals surface area contributed by atoms with Crippen molar-refractivity contribution in [1.82, 2.24) is 19.8 Å². The van der Waals surface area contributed by atoms with E-state index in [9.17, 15) is 9.59 Å². The van der Waals surface area contributed by atoms with Crippen LogP contribution in [0.4, 0.5) is 0 Å². The topological polar surface area (TPSA) is 76.5 Å². The Bertz CT molecular complexity index is 942. The highest BCUT2D eigenvalue weighted by atomic mass is 32.2. The molecule has 1 aromatic carbocycles. The van der Waals surface area contributed by atoms with Gasteiger partial charge in [0.25, 0.3) is 5.56 Å². The molecule has 174 valence electrons. The van der Waals surface area contributed by atoms with E-state index < -0.39 is 0 Å². The Kier molecular flexibility index (Phi) is 9.32. The number of morpholine rings is 1. The van der Waals surface area contributed by atoms with E-state index in [2.05, 4.69) is 17.1 Å². The summed E-state index contributed by atoms with van der Waals surface area (Å²) in [6.45, 7) is 8.69. The van der Waals surface area contributed by atoms with Crippen LogP contribution in [0.15, 0.2) is 40.3 Å². The highest BCUT2D eigenvalue weighted by molar-refractivity contribution is 8.00. The lowest BCUT2D eigenvalue weighted by Gasteiger charge is -2.26. The average Bonchev–Trinajstić information content (AvgIpc) is 2.81. The van der Waals surface area contributed by atoms with E-state index in [0.717, 1.165) is 56.9 Å². The van der Waals surface area contributed by atoms with E-state index in [1.165, 1.54) is 11.8 Å². The van der Waals surface area contributed by atoms with Crippen LogP contribution in [0.25, 0.3) is 0 Å². The number of carbonyl (C=O) groups excluding carboxylic acids is 1. The lowest BCUT2D eigenvalue weighted by Crippen LogP contribution is -2.43. The predicted octanol–water partition coefficient (Wildman–Crippen LogP) is 2.39. The van der Waals surface area contributed by atoms with E-state index in [-0.39, 0.29) is 16.7 Å². The van der Waals surface area contributed by atoms with Crippen LogP contribution in [-0.2, 0) is 23.0 Å². The molecule has 1 aromatic heterocycles. The Labute approximate surface area is 194 Å². The van der Waals surface area contributed by atoms with Gasteiger partial charge in [0.2, 0.25) is 5.91 Å². The van der Waals surface area contributed by atoms with Crippen molar-refractivity contribution in [3.63, 3.8) is 0 Å². The van der Waals surface area contributed by atoms with Crippen LogP contribution in [0.5, 0.6) is 0 Å². The summed E-state index contributed by atoms with van der Waals surface area (Å²) < 4.78 is 6.95. The summed E-state index contributed by atoms with van der Waals surface area (Å²) in [6.07, 6.45) is 2.17. The predicted molar refractivity (Wildman–Crippen MR) is 128 cm³/mol. The monoisotopic (exact) mass is 458 g/mol. The number of carbonyl (C=O) groups is 1. The zero-order chi connectivity index (χ0) is 22.9. The van der Waals surface area contributed by atoms with Crippen molar-refractivity contribution < 1.29 is 9.53 Å². The van der Waals surface area contributed by atoms with Gasteiger partial charge in [-0.2, -0.15) is 0 Å². The first-order valence-electron chi connectivity index (χ1n) is 11.3. The van der Waals surface area contributed by atoms with Crippen LogP contribution in [-0.4, -0.2) is 65.0 Å². The summed E-state index contributed by atoms with van der Waals surface area (Å²) >= 11 is 1.38. The number of ether oxygens (including phenoxy) is 1. The van der Waals surface area contributed by atoms with Crippen LogP contribution < -0.4 is 10.9 Å². The maximum absolute atomic E-state index is 13.1. The molecule has 8 heteroatoms. The Morgan fingerprint density at radius 3 is 2.66 bits per heavy atom. The first kappa shape index (κ1) is 24.5. The van der Waals surface area contributed by atoms with Gasteiger partial charge in [-0.05, 0) is 18.9 Å². The molecule has 1 unspecified atom stereocenters. The van der Waals surface area contributed by atoms with Gasteiger partial charge in [0.15, 0.2) is 5.16 Å². The number of nitrogens with one attached hydrogen (secondary N) is 1. The summed E-state index contributed by atoms with van der Waals surface area (Å²) in [5.41, 5.74) is 2.46. The Morgan fingerprint density at radius 2 is 1.97 bits per heavy atom. The van der Waals surface area contributed by atoms with Crippen LogP contribution in [0.3, 0.4) is 0 Å². The minimum absolute atomic E-state index is 0.00498. The number of benzene rings is 1. The molecule has 1 saturated heterocycles. The molecule has 32 heavy (non-hydrogen) atoms. The van der Waals surface area contributed by atoms with Gasteiger partial charge in [-0.3, -0.25) is 19.1 Å². The molecular formula is C24H34N4O3S. The van der Waals surface area contributed by atoms with Gasteiger partial charge in [0, 0.05) is 50.9 Å². The van der Waals surface area contributed by atoms with Crippen molar-refractivity contribution in [1.29, 1.82) is 0 Å². The summed E-state index contributed by atoms with van der Waals surface area (Å²) in [4.78, 5) is 33.0. The first-order chi connectivity index (χ1) is 15.5. The summed E-state index contributed by atoms with van der Waals surface area (Å²) in [6, 6.07) is 9.94. The summed E-state index contributed by atoms with van der Waals surface area (Å²) in [5.74, 6) is 0.00498. The lowest BCUT2D eigenvalue weighted by atomic mass is 10.1. The third-order valence-electron chi connectivity index (χ3n) is 5.70. The number of hydrogen-bond donors (Lipinski definition) is 1. The molecule has 2 heterocycles. The third kappa shape index (κ3) is 6.67. The molecule has 3 rings (SSSR count). The quantitative estimate of drug-likeness (QED) is 0.435. The zero-order valence-corrected chi connectivity index (χ0v) is 20.1. The standard InChI is InChI=1S/C24H34N4O3S/c1-4-8-21(22(29)25-11-12-28-13-15-31-16-14-28)32-24-26-18(2)20(23(30)27(24)3)17-19-9-6-5-7-10-19/h5-7,9-10,21H,4,8,11-17H2,1-3H3,(H,25,29). The number of thioether (sulfide) groups is 1. The maximum Gasteiger partial charge on any atom is 0.257 e. The first-order valence-corrected chi connectivity index (χ1v) is 12.2. The van der Waals surface area contributed by atoms with Crippen molar-refractivity contribution in [2.24, 2.45) is 7.05 Å². The molecule has 7 nitrogen and oxygen atoms in total. The van der Waals surface area contributed by atoms with Crippen LogP contribution in [0.2, 0.25) is 0 Å². The molecule has 1 aliphatic rings. The van der Waals surface area contributed by atoms with E-state index in [1.54, 1.807) is 11.6 Å². The normalized spacial score (nSPS) is 15.5. The van der Waals surface area contributed by atoms with E-state index in [1.807, 2.05) is 37.3 Å². The van der Waals surface area contributed by atoms with Gasteiger partial charge in [-0.15, -0.1) is 0 Å². The van der Waals surface area contributed by atoms with Crippen LogP contribution >= 0.6 is 11.8 Å². The maximum atomic E-state index is 13.1. The molecule has 1 fully saturated rings. The Hall–Kier alpha value is -2.16.